The highest BCUT2D eigenvalue weighted by molar-refractivity contribution is 6.46. The van der Waals surface area contributed by atoms with Crippen LogP contribution in [0, 0.1) is 0 Å². The maximum absolute atomic E-state index is 12.9. The number of ketones is 1. The Morgan fingerprint density at radius 1 is 1.00 bits per heavy atom. The van der Waals surface area contributed by atoms with Crippen LogP contribution in [0.15, 0.2) is 79.0 Å². The van der Waals surface area contributed by atoms with E-state index in [1.165, 1.54) is 4.90 Å². The Morgan fingerprint density at radius 3 is 2.48 bits per heavy atom. The van der Waals surface area contributed by atoms with Crippen LogP contribution in [0.5, 0.6) is 0 Å². The van der Waals surface area contributed by atoms with Crippen molar-refractivity contribution in [1.82, 2.24) is 19.4 Å². The molecule has 7 nitrogen and oxygen atoms in total. The molecule has 0 aliphatic carbocycles. The molecule has 7 heteroatoms. The second kappa shape index (κ2) is 8.10. The number of aryl methyl sites for hydroxylation is 1. The van der Waals surface area contributed by atoms with Crippen LogP contribution < -0.4 is 0 Å². The van der Waals surface area contributed by atoms with Crippen molar-refractivity contribution in [1.29, 1.82) is 0 Å². The Morgan fingerprint density at radius 2 is 1.79 bits per heavy atom. The number of aliphatic hydroxyl groups is 1. The van der Waals surface area contributed by atoms with E-state index in [9.17, 15) is 14.7 Å². The second-order valence-electron chi connectivity index (χ2n) is 6.77. The number of likely N-dealkylation sites (tertiary alicyclic amines) is 1. The number of pyridine rings is 1. The van der Waals surface area contributed by atoms with Gasteiger partial charge < -0.3 is 14.6 Å². The summed E-state index contributed by atoms with van der Waals surface area (Å²) in [4.78, 5) is 35.5. The van der Waals surface area contributed by atoms with Gasteiger partial charge in [0.2, 0.25) is 0 Å². The normalized spacial score (nSPS) is 18.3. The van der Waals surface area contributed by atoms with Crippen molar-refractivity contribution in [3.05, 3.63) is 90.3 Å². The molecule has 146 valence electrons. The van der Waals surface area contributed by atoms with E-state index in [1.807, 2.05) is 16.8 Å². The minimum atomic E-state index is -0.723. The predicted molar refractivity (Wildman–Crippen MR) is 107 cm³/mol. The molecular formula is C22H20N4O3. The van der Waals surface area contributed by atoms with Gasteiger partial charge in [0.25, 0.3) is 11.7 Å². The van der Waals surface area contributed by atoms with E-state index >= 15 is 0 Å². The fraction of sp³-hybridized carbons (Fsp3) is 0.182. The zero-order valence-electron chi connectivity index (χ0n) is 15.7. The molecule has 29 heavy (non-hydrogen) atoms. The Labute approximate surface area is 168 Å². The third kappa shape index (κ3) is 3.67. The first-order valence-electron chi connectivity index (χ1n) is 9.37. The quantitative estimate of drug-likeness (QED) is 0.399. The highest BCUT2D eigenvalue weighted by Crippen LogP contribution is 2.38. The van der Waals surface area contributed by atoms with Crippen LogP contribution in [0.3, 0.4) is 0 Å². The molecule has 0 spiro atoms. The molecule has 3 heterocycles. The molecule has 1 saturated heterocycles. The third-order valence-corrected chi connectivity index (χ3v) is 4.93. The number of hydrogen-bond acceptors (Lipinski definition) is 5. The summed E-state index contributed by atoms with van der Waals surface area (Å²) in [5.74, 6) is -1.50. The highest BCUT2D eigenvalue weighted by atomic mass is 16.3. The summed E-state index contributed by atoms with van der Waals surface area (Å²) in [6, 6.07) is 13.4. The van der Waals surface area contributed by atoms with Crippen molar-refractivity contribution in [3.8, 4) is 0 Å². The SMILES string of the molecule is O=C1C(=O)N(CCCn2ccnc2)[C@H](c2ccccn2)/C1=C(\O)c1ccccc1. The number of hydrogen-bond donors (Lipinski definition) is 1. The first-order chi connectivity index (χ1) is 14.2. The van der Waals surface area contributed by atoms with Gasteiger partial charge in [0.1, 0.15) is 11.8 Å². The number of nitrogens with zero attached hydrogens (tertiary/aromatic N) is 4. The van der Waals surface area contributed by atoms with Gasteiger partial charge in [-0.2, -0.15) is 0 Å². The van der Waals surface area contributed by atoms with E-state index < -0.39 is 17.7 Å². The van der Waals surface area contributed by atoms with Gasteiger partial charge in [0, 0.05) is 37.2 Å². The van der Waals surface area contributed by atoms with Gasteiger partial charge in [-0.1, -0.05) is 36.4 Å². The molecule has 1 aliphatic rings. The van der Waals surface area contributed by atoms with Gasteiger partial charge in [-0.15, -0.1) is 0 Å². The lowest BCUT2D eigenvalue weighted by atomic mass is 9.98. The van der Waals surface area contributed by atoms with Gasteiger partial charge in [-0.3, -0.25) is 14.6 Å². The average molecular weight is 388 g/mol. The van der Waals surface area contributed by atoms with Crippen molar-refractivity contribution < 1.29 is 14.7 Å². The van der Waals surface area contributed by atoms with Gasteiger partial charge in [0.15, 0.2) is 0 Å². The zero-order chi connectivity index (χ0) is 20.2. The number of aliphatic hydroxyl groups excluding tert-OH is 1. The second-order valence-corrected chi connectivity index (χ2v) is 6.77. The molecule has 1 aliphatic heterocycles. The maximum Gasteiger partial charge on any atom is 0.295 e. The van der Waals surface area contributed by atoms with Gasteiger partial charge >= 0.3 is 0 Å². The van der Waals surface area contributed by atoms with Crippen molar-refractivity contribution in [2.24, 2.45) is 0 Å². The third-order valence-electron chi connectivity index (χ3n) is 4.93. The molecule has 3 aromatic rings. The Balaban J connectivity index is 1.70. The van der Waals surface area contributed by atoms with E-state index in [1.54, 1.807) is 61.2 Å². The summed E-state index contributed by atoms with van der Waals surface area (Å²) in [5, 5.41) is 10.9. The summed E-state index contributed by atoms with van der Waals surface area (Å²) in [6.45, 7) is 1.02. The first-order valence-corrected chi connectivity index (χ1v) is 9.37. The summed E-state index contributed by atoms with van der Waals surface area (Å²) < 4.78 is 1.91. The molecule has 2 aromatic heterocycles. The average Bonchev–Trinajstić information content (AvgIpc) is 3.37. The molecule has 1 atom stereocenters. The molecule has 1 fully saturated rings. The van der Waals surface area contributed by atoms with Crippen LogP contribution in [-0.4, -0.2) is 42.8 Å². The maximum atomic E-state index is 12.9. The minimum Gasteiger partial charge on any atom is -0.507 e. The van der Waals surface area contributed by atoms with E-state index in [4.69, 9.17) is 0 Å². The zero-order valence-corrected chi connectivity index (χ0v) is 15.7. The predicted octanol–water partition coefficient (Wildman–Crippen LogP) is 2.79. The highest BCUT2D eigenvalue weighted by Gasteiger charge is 2.46. The van der Waals surface area contributed by atoms with Gasteiger partial charge in [-0.05, 0) is 18.6 Å². The Kier molecular flexibility index (Phi) is 5.20. The Bertz CT molecular complexity index is 1030. The summed E-state index contributed by atoms with van der Waals surface area (Å²) in [5.41, 5.74) is 1.11. The summed E-state index contributed by atoms with van der Waals surface area (Å²) in [6.07, 6.45) is 7.50. The lowest BCUT2D eigenvalue weighted by molar-refractivity contribution is -0.140. The molecule has 1 amide bonds. The monoisotopic (exact) mass is 388 g/mol. The summed E-state index contributed by atoms with van der Waals surface area (Å²) in [7, 11) is 0. The van der Waals surface area contributed by atoms with E-state index in [0.29, 0.717) is 30.8 Å². The van der Waals surface area contributed by atoms with E-state index in [2.05, 4.69) is 9.97 Å². The molecule has 0 bridgehead atoms. The molecule has 0 radical (unpaired) electrons. The topological polar surface area (TPSA) is 88.3 Å². The largest absolute Gasteiger partial charge is 0.507 e. The van der Waals surface area contributed by atoms with Crippen LogP contribution in [0.4, 0.5) is 0 Å². The number of imidazole rings is 1. The van der Waals surface area contributed by atoms with Crippen LogP contribution in [0.2, 0.25) is 0 Å². The first kappa shape index (κ1) is 18.6. The molecule has 0 saturated carbocycles. The van der Waals surface area contributed by atoms with Crippen molar-refractivity contribution >= 4 is 17.4 Å². The van der Waals surface area contributed by atoms with Crippen LogP contribution in [0.1, 0.15) is 23.7 Å². The smallest absolute Gasteiger partial charge is 0.295 e. The molecular weight excluding hydrogens is 368 g/mol. The lowest BCUT2D eigenvalue weighted by Crippen LogP contribution is -2.31. The number of carbonyl (C=O) groups excluding carboxylic acids is 2. The standard InChI is InChI=1S/C22H20N4O3/c27-20(16-7-2-1-3-8-16)18-19(17-9-4-5-10-24-17)26(22(29)21(18)28)13-6-12-25-14-11-23-15-25/h1-5,7-11,14-15,19,27H,6,12-13H2/b20-18+/t19-/m1/s1. The Hall–Kier alpha value is -3.74. The van der Waals surface area contributed by atoms with Crippen molar-refractivity contribution in [2.45, 2.75) is 19.0 Å². The van der Waals surface area contributed by atoms with Crippen LogP contribution in [-0.2, 0) is 16.1 Å². The molecule has 4 rings (SSSR count). The number of Topliss-reactive ketones (excluding diaryl/α,β-unsaturated/α-hetero) is 1. The number of aromatic nitrogens is 3. The number of benzene rings is 1. The number of carbonyl (C=O) groups is 2. The van der Waals surface area contributed by atoms with Crippen LogP contribution in [0.25, 0.3) is 5.76 Å². The molecule has 0 unspecified atom stereocenters. The van der Waals surface area contributed by atoms with Crippen LogP contribution >= 0.6 is 0 Å². The number of amides is 1. The fourth-order valence-electron chi connectivity index (χ4n) is 3.55. The summed E-state index contributed by atoms with van der Waals surface area (Å²) >= 11 is 0. The van der Waals surface area contributed by atoms with Gasteiger partial charge in [0.05, 0.1) is 17.6 Å². The minimum absolute atomic E-state index is 0.0718. The molecule has 1 N–H and O–H groups in total. The van der Waals surface area contributed by atoms with E-state index in [0.717, 1.165) is 0 Å². The van der Waals surface area contributed by atoms with Crippen molar-refractivity contribution in [2.75, 3.05) is 6.54 Å². The van der Waals surface area contributed by atoms with E-state index in [-0.39, 0.29) is 11.3 Å². The van der Waals surface area contributed by atoms with Crippen molar-refractivity contribution in [3.63, 3.8) is 0 Å². The van der Waals surface area contributed by atoms with Gasteiger partial charge in [-0.25, -0.2) is 4.98 Å². The number of rotatable bonds is 6. The molecule has 1 aromatic carbocycles. The lowest BCUT2D eigenvalue weighted by Gasteiger charge is -2.24. The fourth-order valence-corrected chi connectivity index (χ4v) is 3.55.